The summed E-state index contributed by atoms with van der Waals surface area (Å²) in [6.07, 6.45) is 1.85. The molecule has 12 heteroatoms. The maximum Gasteiger partial charge on any atom is 0.264 e. The van der Waals surface area contributed by atoms with Gasteiger partial charge in [0, 0.05) is 44.3 Å². The third-order valence-electron chi connectivity index (χ3n) is 7.38. The highest BCUT2D eigenvalue weighted by atomic mass is 16.5. The fourth-order valence-corrected chi connectivity index (χ4v) is 5.38. The number of nitrogens with zero attached hydrogens (tertiary/aromatic N) is 4. The zero-order valence-electron chi connectivity index (χ0n) is 20.3. The number of ether oxygens (including phenoxy) is 1. The number of carbonyl (C=O) groups excluding carboxylic acids is 4. The van der Waals surface area contributed by atoms with Gasteiger partial charge in [0.25, 0.3) is 11.8 Å². The molecule has 4 amide bonds. The highest BCUT2D eigenvalue weighted by Crippen LogP contribution is 2.32. The maximum absolute atomic E-state index is 13.2. The topological polar surface area (TPSA) is 137 Å². The predicted molar refractivity (Wildman–Crippen MR) is 128 cm³/mol. The molecule has 3 fully saturated rings. The number of amides is 4. The Hall–Kier alpha value is -3.61. The fraction of sp³-hybridized carbons (Fsp3) is 0.480. The predicted octanol–water partition coefficient (Wildman–Crippen LogP) is 0.204. The van der Waals surface area contributed by atoms with E-state index in [1.54, 1.807) is 24.4 Å². The number of nitrogens with one attached hydrogen (secondary N) is 2. The van der Waals surface area contributed by atoms with Crippen LogP contribution in [0.15, 0.2) is 28.8 Å². The molecule has 194 valence electrons. The highest BCUT2D eigenvalue weighted by Gasteiger charge is 2.45. The van der Waals surface area contributed by atoms with Crippen LogP contribution < -0.4 is 10.6 Å². The van der Waals surface area contributed by atoms with Gasteiger partial charge in [-0.05, 0) is 18.6 Å². The molecular formula is C25H28N6O6. The van der Waals surface area contributed by atoms with E-state index in [0.717, 1.165) is 44.3 Å². The minimum Gasteiger partial charge on any atom is -0.442 e. The van der Waals surface area contributed by atoms with E-state index in [4.69, 9.17) is 9.15 Å². The minimum absolute atomic E-state index is 0.0774. The molecule has 0 aliphatic carbocycles. The summed E-state index contributed by atoms with van der Waals surface area (Å²) in [5.41, 5.74) is 0.914. The second-order valence-electron chi connectivity index (χ2n) is 9.75. The largest absolute Gasteiger partial charge is 0.442 e. The molecular weight excluding hydrogens is 480 g/mol. The first kappa shape index (κ1) is 23.8. The molecule has 2 aromatic rings. The molecule has 0 radical (unpaired) electrons. The fourth-order valence-electron chi connectivity index (χ4n) is 5.38. The number of rotatable bonds is 7. The van der Waals surface area contributed by atoms with Crippen LogP contribution in [-0.4, -0.2) is 94.8 Å². The average molecular weight is 509 g/mol. The van der Waals surface area contributed by atoms with Gasteiger partial charge < -0.3 is 14.5 Å². The van der Waals surface area contributed by atoms with Crippen molar-refractivity contribution in [3.8, 4) is 0 Å². The molecule has 0 saturated carbocycles. The van der Waals surface area contributed by atoms with Crippen molar-refractivity contribution in [1.29, 1.82) is 0 Å². The van der Waals surface area contributed by atoms with Crippen molar-refractivity contribution in [3.63, 3.8) is 0 Å². The lowest BCUT2D eigenvalue weighted by Gasteiger charge is -2.46. The van der Waals surface area contributed by atoms with Gasteiger partial charge in [-0.25, -0.2) is 4.98 Å². The lowest BCUT2D eigenvalue weighted by Crippen LogP contribution is -2.60. The Morgan fingerprint density at radius 1 is 1.08 bits per heavy atom. The van der Waals surface area contributed by atoms with Gasteiger partial charge in [-0.3, -0.25) is 39.2 Å². The van der Waals surface area contributed by atoms with Crippen LogP contribution in [-0.2, 0) is 27.4 Å². The van der Waals surface area contributed by atoms with E-state index in [0.29, 0.717) is 29.9 Å². The Bertz CT molecular complexity index is 1250. The molecule has 2 N–H and O–H groups in total. The van der Waals surface area contributed by atoms with Crippen LogP contribution in [0.5, 0.6) is 0 Å². The van der Waals surface area contributed by atoms with Crippen LogP contribution >= 0.6 is 0 Å². The second kappa shape index (κ2) is 9.69. The number of hydrogen-bond donors (Lipinski definition) is 2. The van der Waals surface area contributed by atoms with E-state index in [-0.39, 0.29) is 30.5 Å². The van der Waals surface area contributed by atoms with Crippen molar-refractivity contribution >= 4 is 29.3 Å². The number of fused-ring (bicyclic) bond motifs is 1. The van der Waals surface area contributed by atoms with Crippen molar-refractivity contribution in [3.05, 3.63) is 47.2 Å². The van der Waals surface area contributed by atoms with E-state index >= 15 is 0 Å². The van der Waals surface area contributed by atoms with Crippen molar-refractivity contribution in [1.82, 2.24) is 25.0 Å². The van der Waals surface area contributed by atoms with Crippen molar-refractivity contribution < 1.29 is 28.3 Å². The number of likely N-dealkylation sites (tertiary alicyclic amines) is 1. The van der Waals surface area contributed by atoms with E-state index in [1.165, 1.54) is 0 Å². The molecule has 1 aromatic heterocycles. The first-order valence-corrected chi connectivity index (χ1v) is 12.5. The second-order valence-corrected chi connectivity index (χ2v) is 9.75. The molecule has 0 bridgehead atoms. The molecule has 12 nitrogen and oxygen atoms in total. The van der Waals surface area contributed by atoms with Gasteiger partial charge >= 0.3 is 0 Å². The molecule has 6 rings (SSSR count). The normalized spacial score (nSPS) is 23.2. The number of carbonyl (C=O) groups is 4. The van der Waals surface area contributed by atoms with Gasteiger partial charge in [0.15, 0.2) is 0 Å². The number of benzene rings is 1. The lowest BCUT2D eigenvalue weighted by atomic mass is 10.0. The molecule has 1 unspecified atom stereocenters. The third-order valence-corrected chi connectivity index (χ3v) is 7.38. The average Bonchev–Trinajstić information content (AvgIpc) is 3.43. The molecule has 5 heterocycles. The SMILES string of the molecule is O=C1CCC(N2C(=O)c3cccc(NCc4cnc(CN5CC(N6CCOCC6)C5)o4)c3C2=O)C(=O)N1. The first-order valence-electron chi connectivity index (χ1n) is 12.5. The molecule has 4 aliphatic heterocycles. The van der Waals surface area contributed by atoms with Crippen LogP contribution in [0.1, 0.15) is 45.2 Å². The van der Waals surface area contributed by atoms with Gasteiger partial charge in [0.05, 0.1) is 43.6 Å². The Morgan fingerprint density at radius 3 is 2.68 bits per heavy atom. The van der Waals surface area contributed by atoms with Crippen LogP contribution in [0.2, 0.25) is 0 Å². The smallest absolute Gasteiger partial charge is 0.264 e. The highest BCUT2D eigenvalue weighted by molar-refractivity contribution is 6.25. The summed E-state index contributed by atoms with van der Waals surface area (Å²) >= 11 is 0. The van der Waals surface area contributed by atoms with Gasteiger partial charge in [0.1, 0.15) is 11.8 Å². The molecule has 1 aromatic carbocycles. The van der Waals surface area contributed by atoms with E-state index in [9.17, 15) is 19.2 Å². The Labute approximate surface area is 212 Å². The summed E-state index contributed by atoms with van der Waals surface area (Å²) in [5, 5.41) is 5.39. The molecule has 0 spiro atoms. The lowest BCUT2D eigenvalue weighted by molar-refractivity contribution is -0.136. The zero-order valence-corrected chi connectivity index (χ0v) is 20.3. The number of oxazole rings is 1. The quantitative estimate of drug-likeness (QED) is 0.499. The number of imide groups is 2. The summed E-state index contributed by atoms with van der Waals surface area (Å²) in [6, 6.07) is 4.51. The van der Waals surface area contributed by atoms with Crippen LogP contribution in [0.25, 0.3) is 0 Å². The first-order chi connectivity index (χ1) is 18.0. The summed E-state index contributed by atoms with van der Waals surface area (Å²) < 4.78 is 11.3. The number of anilines is 1. The minimum atomic E-state index is -1.00. The Morgan fingerprint density at radius 2 is 1.89 bits per heavy atom. The monoisotopic (exact) mass is 508 g/mol. The standard InChI is InChI=1S/C25H28N6O6/c32-20-5-4-19(23(33)28-20)31-24(34)17-2-1-3-18(22(17)25(31)35)26-10-16-11-27-21(37-16)14-29-12-15(13-29)30-6-8-36-9-7-30/h1-3,11,15,19,26H,4-10,12-14H2,(H,28,32,33). The molecule has 1 atom stereocenters. The van der Waals surface area contributed by atoms with Crippen LogP contribution in [0.4, 0.5) is 5.69 Å². The van der Waals surface area contributed by atoms with Crippen molar-refractivity contribution in [2.75, 3.05) is 44.7 Å². The van der Waals surface area contributed by atoms with E-state index in [2.05, 4.69) is 25.4 Å². The van der Waals surface area contributed by atoms with E-state index in [1.807, 2.05) is 0 Å². The summed E-state index contributed by atoms with van der Waals surface area (Å²) in [7, 11) is 0. The number of piperidine rings is 1. The third kappa shape index (κ3) is 4.52. The molecule has 37 heavy (non-hydrogen) atoms. The van der Waals surface area contributed by atoms with Crippen LogP contribution in [0.3, 0.4) is 0 Å². The Balaban J connectivity index is 1.07. The number of aromatic nitrogens is 1. The summed E-state index contributed by atoms with van der Waals surface area (Å²) in [5.74, 6) is -0.887. The van der Waals surface area contributed by atoms with Crippen molar-refractivity contribution in [2.24, 2.45) is 0 Å². The summed E-state index contributed by atoms with van der Waals surface area (Å²) in [4.78, 5) is 60.1. The zero-order chi connectivity index (χ0) is 25.5. The Kier molecular flexibility index (Phi) is 6.22. The van der Waals surface area contributed by atoms with Gasteiger partial charge in [-0.1, -0.05) is 6.07 Å². The number of morpholine rings is 1. The molecule has 4 aliphatic rings. The summed E-state index contributed by atoms with van der Waals surface area (Å²) in [6.45, 7) is 6.43. The molecule has 3 saturated heterocycles. The van der Waals surface area contributed by atoms with E-state index < -0.39 is 29.7 Å². The van der Waals surface area contributed by atoms with Gasteiger partial charge in [-0.2, -0.15) is 0 Å². The maximum atomic E-state index is 13.2. The van der Waals surface area contributed by atoms with Crippen molar-refractivity contribution in [2.45, 2.75) is 38.0 Å². The van der Waals surface area contributed by atoms with Crippen LogP contribution in [0, 0.1) is 0 Å². The number of hydrogen-bond acceptors (Lipinski definition) is 10. The van der Waals surface area contributed by atoms with Gasteiger partial charge in [0.2, 0.25) is 17.7 Å². The van der Waals surface area contributed by atoms with Gasteiger partial charge in [-0.15, -0.1) is 0 Å².